The van der Waals surface area contributed by atoms with Crippen LogP contribution in [0, 0.1) is 11.3 Å². The zero-order valence-electron chi connectivity index (χ0n) is 20.1. The first kappa shape index (κ1) is 24.6. The summed E-state index contributed by atoms with van der Waals surface area (Å²) in [6.07, 6.45) is 0.824. The van der Waals surface area contributed by atoms with E-state index in [2.05, 4.69) is 6.07 Å². The second-order valence-electron chi connectivity index (χ2n) is 8.21. The third-order valence-corrected chi connectivity index (χ3v) is 5.78. The van der Waals surface area contributed by atoms with Crippen molar-refractivity contribution in [2.75, 3.05) is 18.1 Å². The summed E-state index contributed by atoms with van der Waals surface area (Å²) in [7, 11) is 0. The summed E-state index contributed by atoms with van der Waals surface area (Å²) in [5.41, 5.74) is 1.79. The van der Waals surface area contributed by atoms with Crippen LogP contribution in [0.2, 0.25) is 0 Å². The van der Waals surface area contributed by atoms with Crippen LogP contribution in [0.15, 0.2) is 78.4 Å². The highest BCUT2D eigenvalue weighted by Crippen LogP contribution is 2.43. The van der Waals surface area contributed by atoms with E-state index in [1.54, 1.807) is 72.8 Å². The van der Waals surface area contributed by atoms with E-state index in [-0.39, 0.29) is 11.3 Å². The lowest BCUT2D eigenvalue weighted by Gasteiger charge is -2.26. The first-order valence-electron chi connectivity index (χ1n) is 11.8. The van der Waals surface area contributed by atoms with Gasteiger partial charge in [-0.15, -0.1) is 0 Å². The molecule has 36 heavy (non-hydrogen) atoms. The quantitative estimate of drug-likeness (QED) is 0.263. The number of aliphatic hydroxyl groups excluding tert-OH is 1. The van der Waals surface area contributed by atoms with E-state index in [4.69, 9.17) is 9.47 Å². The number of rotatable bonds is 8. The average Bonchev–Trinajstić information content (AvgIpc) is 3.17. The van der Waals surface area contributed by atoms with Crippen LogP contribution in [-0.4, -0.2) is 30.0 Å². The molecule has 0 spiro atoms. The number of nitriles is 1. The molecular formula is C29H26N2O5. The molecule has 1 saturated heterocycles. The standard InChI is InChI=1S/C29H26N2O5/c1-3-15-36-24-10-5-7-20(16-24)26-25(27(32)21-8-6-9-23(17-21)35-4-2)28(33)29(34)31(26)22-13-11-19(18-30)12-14-22/h5-14,16-17,26,32H,3-4,15H2,1-2H3/b27-25-. The van der Waals surface area contributed by atoms with Crippen LogP contribution in [-0.2, 0) is 9.59 Å². The van der Waals surface area contributed by atoms with Crippen molar-refractivity contribution in [3.05, 3.63) is 95.1 Å². The number of ether oxygens (including phenoxy) is 2. The van der Waals surface area contributed by atoms with E-state index in [9.17, 15) is 20.0 Å². The Morgan fingerprint density at radius 3 is 2.33 bits per heavy atom. The van der Waals surface area contributed by atoms with Crippen LogP contribution < -0.4 is 14.4 Å². The number of amides is 1. The molecule has 0 aliphatic carbocycles. The first-order valence-corrected chi connectivity index (χ1v) is 11.8. The Balaban J connectivity index is 1.90. The van der Waals surface area contributed by atoms with Crippen LogP contribution in [0.1, 0.15) is 43.0 Å². The molecule has 3 aromatic rings. The van der Waals surface area contributed by atoms with Gasteiger partial charge in [0.2, 0.25) is 0 Å². The Hall–Kier alpha value is -4.57. The zero-order chi connectivity index (χ0) is 25.7. The fraction of sp³-hybridized carbons (Fsp3) is 0.207. The van der Waals surface area contributed by atoms with E-state index in [1.807, 2.05) is 13.8 Å². The number of aliphatic hydroxyl groups is 1. The molecule has 0 aromatic heterocycles. The molecule has 0 saturated carbocycles. The fourth-order valence-corrected chi connectivity index (χ4v) is 4.16. The van der Waals surface area contributed by atoms with Gasteiger partial charge < -0.3 is 14.6 Å². The minimum absolute atomic E-state index is 0.0364. The second-order valence-corrected chi connectivity index (χ2v) is 8.21. The number of nitrogens with zero attached hydrogens (tertiary/aromatic N) is 2. The Morgan fingerprint density at radius 1 is 0.972 bits per heavy atom. The minimum atomic E-state index is -0.904. The maximum atomic E-state index is 13.4. The van der Waals surface area contributed by atoms with Gasteiger partial charge in [0.05, 0.1) is 36.5 Å². The molecule has 3 aromatic carbocycles. The highest BCUT2D eigenvalue weighted by molar-refractivity contribution is 6.51. The van der Waals surface area contributed by atoms with Gasteiger partial charge in [-0.05, 0) is 67.4 Å². The van der Waals surface area contributed by atoms with Gasteiger partial charge in [-0.1, -0.05) is 31.2 Å². The monoisotopic (exact) mass is 482 g/mol. The third-order valence-electron chi connectivity index (χ3n) is 5.78. The molecule has 1 aliphatic heterocycles. The molecule has 1 fully saturated rings. The van der Waals surface area contributed by atoms with Gasteiger partial charge in [-0.3, -0.25) is 14.5 Å². The van der Waals surface area contributed by atoms with Crippen molar-refractivity contribution in [2.24, 2.45) is 0 Å². The van der Waals surface area contributed by atoms with Crippen molar-refractivity contribution >= 4 is 23.1 Å². The van der Waals surface area contributed by atoms with Crippen LogP contribution in [0.5, 0.6) is 11.5 Å². The Bertz CT molecular complexity index is 1350. The van der Waals surface area contributed by atoms with Gasteiger partial charge in [-0.2, -0.15) is 5.26 Å². The van der Waals surface area contributed by atoms with E-state index in [0.717, 1.165) is 6.42 Å². The molecule has 7 heteroatoms. The number of carbonyl (C=O) groups excluding carboxylic acids is 2. The Morgan fingerprint density at radius 2 is 1.67 bits per heavy atom. The summed E-state index contributed by atoms with van der Waals surface area (Å²) in [6.45, 7) is 4.81. The molecule has 4 rings (SSSR count). The van der Waals surface area contributed by atoms with Crippen molar-refractivity contribution in [3.8, 4) is 17.6 Å². The maximum Gasteiger partial charge on any atom is 0.300 e. The third kappa shape index (κ3) is 4.80. The number of carbonyl (C=O) groups is 2. The van der Waals surface area contributed by atoms with Crippen molar-refractivity contribution in [1.29, 1.82) is 5.26 Å². The van der Waals surface area contributed by atoms with E-state index < -0.39 is 17.7 Å². The highest BCUT2D eigenvalue weighted by atomic mass is 16.5. The largest absolute Gasteiger partial charge is 0.507 e. The van der Waals surface area contributed by atoms with Crippen molar-refractivity contribution < 1.29 is 24.2 Å². The normalized spacial score (nSPS) is 16.6. The Kier molecular flexibility index (Phi) is 7.36. The number of ketones is 1. The lowest BCUT2D eigenvalue weighted by Crippen LogP contribution is -2.29. The predicted octanol–water partition coefficient (Wildman–Crippen LogP) is 5.37. The Labute approximate surface area is 209 Å². The summed E-state index contributed by atoms with van der Waals surface area (Å²) in [4.78, 5) is 28.0. The van der Waals surface area contributed by atoms with Gasteiger partial charge in [0.1, 0.15) is 17.3 Å². The molecule has 7 nitrogen and oxygen atoms in total. The number of hydrogen-bond acceptors (Lipinski definition) is 6. The molecule has 1 heterocycles. The summed E-state index contributed by atoms with van der Waals surface area (Å²) in [5, 5.41) is 20.5. The van der Waals surface area contributed by atoms with Crippen LogP contribution >= 0.6 is 0 Å². The SMILES string of the molecule is CCCOc1cccc(C2/C(=C(/O)c3cccc(OCC)c3)C(=O)C(=O)N2c2ccc(C#N)cc2)c1. The molecule has 1 atom stereocenters. The van der Waals surface area contributed by atoms with Crippen LogP contribution in [0.25, 0.3) is 5.76 Å². The number of anilines is 1. The topological polar surface area (TPSA) is 99.9 Å². The van der Waals surface area contributed by atoms with Crippen molar-refractivity contribution in [2.45, 2.75) is 26.3 Å². The summed E-state index contributed by atoms with van der Waals surface area (Å²) >= 11 is 0. The lowest BCUT2D eigenvalue weighted by atomic mass is 9.95. The molecule has 0 radical (unpaired) electrons. The molecule has 1 amide bonds. The lowest BCUT2D eigenvalue weighted by molar-refractivity contribution is -0.132. The summed E-state index contributed by atoms with van der Waals surface area (Å²) in [6, 6.07) is 21.4. The van der Waals surface area contributed by atoms with Gasteiger partial charge in [0.25, 0.3) is 11.7 Å². The first-order chi connectivity index (χ1) is 17.5. The molecule has 1 N–H and O–H groups in total. The number of hydrogen-bond donors (Lipinski definition) is 1. The molecular weight excluding hydrogens is 456 g/mol. The second kappa shape index (κ2) is 10.8. The minimum Gasteiger partial charge on any atom is -0.507 e. The molecule has 1 unspecified atom stereocenters. The fourth-order valence-electron chi connectivity index (χ4n) is 4.16. The van der Waals surface area contributed by atoms with Crippen LogP contribution in [0.3, 0.4) is 0 Å². The van der Waals surface area contributed by atoms with E-state index >= 15 is 0 Å². The summed E-state index contributed by atoms with van der Waals surface area (Å²) in [5.74, 6) is -0.737. The van der Waals surface area contributed by atoms with Crippen molar-refractivity contribution in [3.63, 3.8) is 0 Å². The number of Topliss-reactive ketones (excluding diaryl/α,β-unsaturated/α-hetero) is 1. The average molecular weight is 483 g/mol. The summed E-state index contributed by atoms with van der Waals surface area (Å²) < 4.78 is 11.3. The predicted molar refractivity (Wildman–Crippen MR) is 136 cm³/mol. The smallest absolute Gasteiger partial charge is 0.300 e. The zero-order valence-corrected chi connectivity index (χ0v) is 20.1. The van der Waals surface area contributed by atoms with Gasteiger partial charge in [0.15, 0.2) is 0 Å². The molecule has 182 valence electrons. The van der Waals surface area contributed by atoms with E-state index in [0.29, 0.717) is 47.1 Å². The van der Waals surface area contributed by atoms with Gasteiger partial charge in [-0.25, -0.2) is 0 Å². The maximum absolute atomic E-state index is 13.4. The highest BCUT2D eigenvalue weighted by Gasteiger charge is 2.47. The molecule has 1 aliphatic rings. The van der Waals surface area contributed by atoms with Crippen LogP contribution in [0.4, 0.5) is 5.69 Å². The van der Waals surface area contributed by atoms with Crippen molar-refractivity contribution in [1.82, 2.24) is 0 Å². The van der Waals surface area contributed by atoms with E-state index in [1.165, 1.54) is 4.90 Å². The van der Waals surface area contributed by atoms with Gasteiger partial charge >= 0.3 is 0 Å². The van der Waals surface area contributed by atoms with Gasteiger partial charge in [0, 0.05) is 11.3 Å². The number of benzene rings is 3. The molecule has 0 bridgehead atoms.